The summed E-state index contributed by atoms with van der Waals surface area (Å²) < 4.78 is 6.82. The van der Waals surface area contributed by atoms with Crippen LogP contribution < -0.4 is 9.88 Å². The van der Waals surface area contributed by atoms with Crippen molar-refractivity contribution in [3.63, 3.8) is 0 Å². The fourth-order valence-corrected chi connectivity index (χ4v) is 1.71. The zero-order chi connectivity index (χ0) is 13.2. The fourth-order valence-electron chi connectivity index (χ4n) is 1.71. The quantitative estimate of drug-likeness (QED) is 0.555. The molecule has 0 aliphatic heterocycles. The maximum atomic E-state index is 11.6. The van der Waals surface area contributed by atoms with E-state index < -0.39 is 0 Å². The monoisotopic (exact) mass is 251 g/mol. The van der Waals surface area contributed by atoms with Crippen LogP contribution in [0.3, 0.4) is 0 Å². The van der Waals surface area contributed by atoms with Crippen LogP contribution in [0.5, 0.6) is 0 Å². The Morgan fingerprint density at radius 1 is 1.39 bits per heavy atom. The second-order valence-corrected chi connectivity index (χ2v) is 4.33. The van der Waals surface area contributed by atoms with E-state index in [1.165, 1.54) is 5.56 Å². The van der Waals surface area contributed by atoms with Gasteiger partial charge in [0, 0.05) is 32.4 Å². The Balaban J connectivity index is 2.30. The Kier molecular flexibility index (Phi) is 7.03. The van der Waals surface area contributed by atoms with Gasteiger partial charge in [0.05, 0.1) is 0 Å². The summed E-state index contributed by atoms with van der Waals surface area (Å²) in [6.45, 7) is 3.88. The number of rotatable bonds is 8. The van der Waals surface area contributed by atoms with Crippen molar-refractivity contribution in [2.45, 2.75) is 32.7 Å². The highest BCUT2D eigenvalue weighted by Crippen LogP contribution is 1.98. The number of carbonyl (C=O) groups excluding carboxylic acids is 1. The number of pyridine rings is 1. The summed E-state index contributed by atoms with van der Waals surface area (Å²) >= 11 is 0. The van der Waals surface area contributed by atoms with Gasteiger partial charge in [-0.3, -0.25) is 4.79 Å². The minimum absolute atomic E-state index is 0.0411. The van der Waals surface area contributed by atoms with Gasteiger partial charge >= 0.3 is 0 Å². The first-order valence-corrected chi connectivity index (χ1v) is 6.50. The van der Waals surface area contributed by atoms with Gasteiger partial charge in [-0.2, -0.15) is 4.57 Å². The summed E-state index contributed by atoms with van der Waals surface area (Å²) in [5.74, 6) is 0.0411. The fraction of sp³-hybridized carbons (Fsp3) is 0.571. The van der Waals surface area contributed by atoms with E-state index in [9.17, 15) is 4.79 Å². The predicted molar refractivity (Wildman–Crippen MR) is 70.1 cm³/mol. The molecule has 1 heterocycles. The van der Waals surface area contributed by atoms with Gasteiger partial charge in [0.15, 0.2) is 12.4 Å². The van der Waals surface area contributed by atoms with Crippen LogP contribution in [0.15, 0.2) is 24.5 Å². The molecule has 0 spiro atoms. The van der Waals surface area contributed by atoms with E-state index in [2.05, 4.69) is 24.4 Å². The van der Waals surface area contributed by atoms with Crippen LogP contribution in [-0.4, -0.2) is 26.2 Å². The first-order chi connectivity index (χ1) is 8.76. The first-order valence-electron chi connectivity index (χ1n) is 6.50. The third kappa shape index (κ3) is 5.77. The lowest BCUT2D eigenvalue weighted by molar-refractivity contribution is -0.684. The summed E-state index contributed by atoms with van der Waals surface area (Å²) in [7, 11) is 1.66. The van der Waals surface area contributed by atoms with Crippen molar-refractivity contribution in [1.82, 2.24) is 5.32 Å². The number of hydrogen-bond acceptors (Lipinski definition) is 2. The summed E-state index contributed by atoms with van der Waals surface area (Å²) in [4.78, 5) is 11.6. The van der Waals surface area contributed by atoms with Crippen molar-refractivity contribution in [2.24, 2.45) is 0 Å². The van der Waals surface area contributed by atoms with Crippen LogP contribution in [0.25, 0.3) is 0 Å². The average Bonchev–Trinajstić information content (AvgIpc) is 2.37. The minimum Gasteiger partial charge on any atom is -0.385 e. The molecule has 1 aromatic heterocycles. The molecular weight excluding hydrogens is 228 g/mol. The lowest BCUT2D eigenvalue weighted by atomic mass is 10.2. The van der Waals surface area contributed by atoms with E-state index >= 15 is 0 Å². The number of methoxy groups -OCH3 is 1. The van der Waals surface area contributed by atoms with Gasteiger partial charge in [0.1, 0.15) is 0 Å². The number of aryl methyl sites for hydroxylation is 1. The molecule has 0 saturated heterocycles. The molecule has 0 bridgehead atoms. The molecular formula is C14H23N2O2+. The highest BCUT2D eigenvalue weighted by Gasteiger charge is 2.08. The van der Waals surface area contributed by atoms with Crippen molar-refractivity contribution in [3.8, 4) is 0 Å². The summed E-state index contributed by atoms with van der Waals surface area (Å²) in [6.07, 6.45) is 7.00. The van der Waals surface area contributed by atoms with Gasteiger partial charge in [-0.1, -0.05) is 13.3 Å². The number of hydrogen-bond donors (Lipinski definition) is 1. The third-order valence-corrected chi connectivity index (χ3v) is 2.67. The maximum Gasteiger partial charge on any atom is 0.285 e. The Labute approximate surface area is 109 Å². The minimum atomic E-state index is 0.0411. The SMILES string of the molecule is CCCc1cc[n+](CC(=O)NCCCOC)cc1. The lowest BCUT2D eigenvalue weighted by Gasteiger charge is -2.03. The molecule has 0 radical (unpaired) electrons. The molecule has 1 N–H and O–H groups in total. The molecule has 0 saturated carbocycles. The second kappa shape index (κ2) is 8.64. The van der Waals surface area contributed by atoms with Gasteiger partial charge in [-0.25, -0.2) is 0 Å². The molecule has 1 amide bonds. The topological polar surface area (TPSA) is 42.2 Å². The molecule has 18 heavy (non-hydrogen) atoms. The third-order valence-electron chi connectivity index (χ3n) is 2.67. The molecule has 0 aliphatic rings. The van der Waals surface area contributed by atoms with Gasteiger partial charge < -0.3 is 10.1 Å². The number of aromatic nitrogens is 1. The standard InChI is InChI=1S/C14H22N2O2/c1-3-5-13-6-9-16(10-7-13)12-14(17)15-8-4-11-18-2/h6-7,9-10H,3-5,8,11-12H2,1-2H3/p+1. The van der Waals surface area contributed by atoms with Crippen LogP contribution >= 0.6 is 0 Å². The Hall–Kier alpha value is -1.42. The summed E-state index contributed by atoms with van der Waals surface area (Å²) in [5.41, 5.74) is 1.31. The Morgan fingerprint density at radius 2 is 2.11 bits per heavy atom. The molecule has 4 nitrogen and oxygen atoms in total. The van der Waals surface area contributed by atoms with Gasteiger partial charge in [0.2, 0.25) is 6.54 Å². The summed E-state index contributed by atoms with van der Waals surface area (Å²) in [6, 6.07) is 4.14. The van der Waals surface area contributed by atoms with E-state index in [4.69, 9.17) is 4.74 Å². The zero-order valence-electron chi connectivity index (χ0n) is 11.3. The van der Waals surface area contributed by atoms with Gasteiger partial charge in [-0.15, -0.1) is 0 Å². The van der Waals surface area contributed by atoms with E-state index in [0.717, 1.165) is 19.3 Å². The van der Waals surface area contributed by atoms with Crippen molar-refractivity contribution in [2.75, 3.05) is 20.3 Å². The lowest BCUT2D eigenvalue weighted by Crippen LogP contribution is -2.42. The van der Waals surface area contributed by atoms with Crippen LogP contribution in [-0.2, 0) is 22.5 Å². The molecule has 100 valence electrons. The molecule has 0 aromatic carbocycles. The molecule has 0 aliphatic carbocycles. The molecule has 0 fully saturated rings. The van der Waals surface area contributed by atoms with Crippen molar-refractivity contribution >= 4 is 5.91 Å². The molecule has 1 rings (SSSR count). The first kappa shape index (κ1) is 14.6. The smallest absolute Gasteiger partial charge is 0.285 e. The highest BCUT2D eigenvalue weighted by molar-refractivity contribution is 5.74. The van der Waals surface area contributed by atoms with E-state index in [1.807, 2.05) is 17.0 Å². The van der Waals surface area contributed by atoms with E-state index in [0.29, 0.717) is 19.7 Å². The van der Waals surface area contributed by atoms with E-state index in [1.54, 1.807) is 7.11 Å². The highest BCUT2D eigenvalue weighted by atomic mass is 16.5. The molecule has 1 aromatic rings. The largest absolute Gasteiger partial charge is 0.385 e. The number of ether oxygens (including phenoxy) is 1. The van der Waals surface area contributed by atoms with Crippen molar-refractivity contribution in [3.05, 3.63) is 30.1 Å². The molecule has 0 atom stereocenters. The van der Waals surface area contributed by atoms with Gasteiger partial charge in [-0.05, 0) is 18.4 Å². The van der Waals surface area contributed by atoms with Crippen LogP contribution in [0, 0.1) is 0 Å². The average molecular weight is 251 g/mol. The maximum absolute atomic E-state index is 11.6. The predicted octanol–water partition coefficient (Wildman–Crippen LogP) is 1.08. The normalized spacial score (nSPS) is 10.3. The van der Waals surface area contributed by atoms with Crippen LogP contribution in [0.1, 0.15) is 25.3 Å². The number of amides is 1. The summed E-state index contributed by atoms with van der Waals surface area (Å²) in [5, 5.41) is 2.87. The van der Waals surface area contributed by atoms with Crippen molar-refractivity contribution in [1.29, 1.82) is 0 Å². The van der Waals surface area contributed by atoms with Crippen molar-refractivity contribution < 1.29 is 14.1 Å². The van der Waals surface area contributed by atoms with Gasteiger partial charge in [0.25, 0.3) is 5.91 Å². The Morgan fingerprint density at radius 3 is 2.72 bits per heavy atom. The zero-order valence-corrected chi connectivity index (χ0v) is 11.3. The second-order valence-electron chi connectivity index (χ2n) is 4.33. The number of nitrogens with zero attached hydrogens (tertiary/aromatic N) is 1. The Bertz CT molecular complexity index is 349. The van der Waals surface area contributed by atoms with Crippen LogP contribution in [0.2, 0.25) is 0 Å². The molecule has 0 unspecified atom stereocenters. The number of carbonyl (C=O) groups is 1. The van der Waals surface area contributed by atoms with E-state index in [-0.39, 0.29) is 5.91 Å². The number of nitrogens with one attached hydrogen (secondary N) is 1. The van der Waals surface area contributed by atoms with Crippen LogP contribution in [0.4, 0.5) is 0 Å². The molecule has 4 heteroatoms.